The van der Waals surface area contributed by atoms with Gasteiger partial charge in [0, 0.05) is 30.9 Å². The van der Waals surface area contributed by atoms with Crippen molar-refractivity contribution in [2.24, 2.45) is 0 Å². The number of carbonyl (C=O) groups excluding carboxylic acids is 3. The van der Waals surface area contributed by atoms with Crippen molar-refractivity contribution in [3.8, 4) is 0 Å². The molecule has 0 spiro atoms. The maximum atomic E-state index is 13.3. The average molecular weight is 506 g/mol. The summed E-state index contributed by atoms with van der Waals surface area (Å²) in [7, 11) is 0. The predicted molar refractivity (Wildman–Crippen MR) is 126 cm³/mol. The molecule has 2 aliphatic heterocycles. The first-order valence-electron chi connectivity index (χ1n) is 11.4. The third-order valence-corrected chi connectivity index (χ3v) is 5.92. The number of anilines is 3. The molecular weight excluding hydrogens is 479 g/mol. The largest absolute Gasteiger partial charge is 0.408 e. The summed E-state index contributed by atoms with van der Waals surface area (Å²) >= 11 is 0. The maximum absolute atomic E-state index is 13.3. The van der Waals surface area contributed by atoms with Crippen LogP contribution < -0.4 is 25.8 Å². The van der Waals surface area contributed by atoms with Crippen molar-refractivity contribution in [1.29, 1.82) is 0 Å². The first kappa shape index (κ1) is 25.2. The number of hydrogen-bond acceptors (Lipinski definition) is 6. The number of hydrogen-bond donors (Lipinski definition) is 3. The number of fused-ring (bicyclic) bond motifs is 4. The molecule has 4 heterocycles. The van der Waals surface area contributed by atoms with Crippen molar-refractivity contribution in [2.75, 3.05) is 28.2 Å². The maximum Gasteiger partial charge on any atom is 0.408 e. The molecule has 36 heavy (non-hydrogen) atoms. The third-order valence-electron chi connectivity index (χ3n) is 5.92. The van der Waals surface area contributed by atoms with Crippen LogP contribution in [0.15, 0.2) is 30.5 Å². The second-order valence-electron chi connectivity index (χ2n) is 9.02. The van der Waals surface area contributed by atoms with Gasteiger partial charge in [0.05, 0.1) is 11.7 Å². The fraction of sp³-hybridized carbons (Fsp3) is 0.435. The van der Waals surface area contributed by atoms with Gasteiger partial charge in [-0.15, -0.1) is 0 Å². The molecule has 0 radical (unpaired) electrons. The molecule has 1 unspecified atom stereocenters. The topological polar surface area (TPSA) is 120 Å². The fourth-order valence-corrected chi connectivity index (χ4v) is 4.11. The number of nitrogens with zero attached hydrogens (tertiary/aromatic N) is 4. The second kappa shape index (κ2) is 9.63. The van der Waals surface area contributed by atoms with Crippen LogP contribution in [-0.4, -0.2) is 65.2 Å². The van der Waals surface area contributed by atoms with E-state index in [0.717, 1.165) is 6.92 Å². The van der Waals surface area contributed by atoms with Crippen LogP contribution in [0.3, 0.4) is 0 Å². The molecular formula is C23H26F3N7O3. The lowest BCUT2D eigenvalue weighted by Crippen LogP contribution is -2.49. The molecule has 2 aromatic heterocycles. The van der Waals surface area contributed by atoms with Crippen LogP contribution in [-0.2, 0) is 0 Å². The summed E-state index contributed by atoms with van der Waals surface area (Å²) in [5.41, 5.74) is 0.670. The molecule has 2 aromatic rings. The van der Waals surface area contributed by atoms with E-state index in [-0.39, 0.29) is 35.3 Å². The monoisotopic (exact) mass is 505 g/mol. The highest BCUT2D eigenvalue weighted by Crippen LogP contribution is 2.39. The Labute approximate surface area is 205 Å². The zero-order valence-corrected chi connectivity index (χ0v) is 19.9. The number of urea groups is 1. The summed E-state index contributed by atoms with van der Waals surface area (Å²) in [5.74, 6) is -1.00. The van der Waals surface area contributed by atoms with Gasteiger partial charge in [-0.2, -0.15) is 13.2 Å². The van der Waals surface area contributed by atoms with E-state index < -0.39 is 24.2 Å². The third kappa shape index (κ3) is 5.19. The molecule has 2 bridgehead atoms. The summed E-state index contributed by atoms with van der Waals surface area (Å²) in [5, 5.41) is 7.32. The molecule has 1 saturated heterocycles. The van der Waals surface area contributed by atoms with Crippen molar-refractivity contribution in [2.45, 2.75) is 51.5 Å². The van der Waals surface area contributed by atoms with Gasteiger partial charge in [-0.1, -0.05) is 0 Å². The lowest BCUT2D eigenvalue weighted by Gasteiger charge is -2.35. The van der Waals surface area contributed by atoms with Crippen LogP contribution in [0, 0.1) is 0 Å². The van der Waals surface area contributed by atoms with E-state index in [9.17, 15) is 27.6 Å². The highest BCUT2D eigenvalue weighted by Gasteiger charge is 2.41. The second-order valence-corrected chi connectivity index (χ2v) is 9.02. The number of nitrogens with one attached hydrogen (secondary N) is 3. The van der Waals surface area contributed by atoms with Gasteiger partial charge in [-0.25, -0.2) is 14.8 Å². The fourth-order valence-electron chi connectivity index (χ4n) is 4.11. The molecule has 192 valence electrons. The van der Waals surface area contributed by atoms with Gasteiger partial charge in [0.15, 0.2) is 5.82 Å². The number of aromatic nitrogens is 2. The molecule has 0 saturated carbocycles. The Kier molecular flexibility index (Phi) is 6.74. The number of halogens is 3. The number of alkyl halides is 3. The average Bonchev–Trinajstić information content (AvgIpc) is 3.22. The predicted octanol–water partition coefficient (Wildman–Crippen LogP) is 2.93. The van der Waals surface area contributed by atoms with E-state index in [1.807, 2.05) is 24.1 Å². The van der Waals surface area contributed by atoms with Gasteiger partial charge in [0.25, 0.3) is 11.8 Å². The minimum atomic E-state index is -4.60. The van der Waals surface area contributed by atoms with Crippen molar-refractivity contribution in [3.05, 3.63) is 41.7 Å². The van der Waals surface area contributed by atoms with Gasteiger partial charge in [0.2, 0.25) is 0 Å². The zero-order valence-electron chi connectivity index (χ0n) is 19.9. The highest BCUT2D eigenvalue weighted by molar-refractivity contribution is 6.05. The van der Waals surface area contributed by atoms with Gasteiger partial charge >= 0.3 is 12.2 Å². The van der Waals surface area contributed by atoms with Crippen molar-refractivity contribution in [1.82, 2.24) is 20.6 Å². The van der Waals surface area contributed by atoms with E-state index >= 15 is 0 Å². The molecule has 13 heteroatoms. The van der Waals surface area contributed by atoms with E-state index in [1.54, 1.807) is 6.07 Å². The van der Waals surface area contributed by atoms with Crippen molar-refractivity contribution in [3.63, 3.8) is 0 Å². The van der Waals surface area contributed by atoms with Crippen LogP contribution in [0.1, 0.15) is 48.0 Å². The van der Waals surface area contributed by atoms with Crippen molar-refractivity contribution < 1.29 is 27.6 Å². The minimum Gasteiger partial charge on any atom is -0.366 e. The van der Waals surface area contributed by atoms with Gasteiger partial charge in [-0.05, 0) is 51.5 Å². The Morgan fingerprint density at radius 2 is 1.83 bits per heavy atom. The van der Waals surface area contributed by atoms with E-state index in [2.05, 4.69) is 20.6 Å². The van der Waals surface area contributed by atoms with Crippen molar-refractivity contribution >= 4 is 35.2 Å². The van der Waals surface area contributed by atoms with E-state index in [4.69, 9.17) is 0 Å². The normalized spacial score (nSPS) is 17.5. The van der Waals surface area contributed by atoms with Gasteiger partial charge in [0.1, 0.15) is 17.6 Å². The molecule has 0 aliphatic carbocycles. The SMILES string of the molecule is CC(C)NC(=O)c1ccnc(NC(=O)N2c3nc(C(=O)NC(C)C(F)(F)F)ccc3N3CC[C@H]2C3)c1. The molecule has 1 fully saturated rings. The smallest absolute Gasteiger partial charge is 0.366 e. The molecule has 10 nitrogen and oxygen atoms in total. The summed E-state index contributed by atoms with van der Waals surface area (Å²) < 4.78 is 38.7. The summed E-state index contributed by atoms with van der Waals surface area (Å²) in [6, 6.07) is 2.90. The zero-order chi connectivity index (χ0) is 26.2. The summed E-state index contributed by atoms with van der Waals surface area (Å²) in [6.45, 7) is 5.69. The lowest BCUT2D eigenvalue weighted by atomic mass is 10.1. The van der Waals surface area contributed by atoms with Gasteiger partial charge < -0.3 is 15.5 Å². The molecule has 3 N–H and O–H groups in total. The Hall–Kier alpha value is -3.90. The molecule has 4 rings (SSSR count). The number of carbonyl (C=O) groups is 3. The Morgan fingerprint density at radius 1 is 1.08 bits per heavy atom. The van der Waals surface area contributed by atoms with E-state index in [1.165, 1.54) is 29.3 Å². The van der Waals surface area contributed by atoms with Gasteiger partial charge in [-0.3, -0.25) is 19.8 Å². The number of rotatable bonds is 5. The quantitative estimate of drug-likeness (QED) is 0.575. The molecule has 2 atom stereocenters. The standard InChI is InChI=1S/C23H26F3N7O3/c1-12(2)28-20(34)14-6-8-27-18(10-14)31-22(36)33-15-7-9-32(11-15)17-5-4-16(30-19(17)33)21(35)29-13(3)23(24,25)26/h4-6,8,10,12-13,15H,7,9,11H2,1-3H3,(H,28,34)(H,29,35)(H,27,31,36)/t13?,15-/m0/s1. The number of amides is 4. The first-order valence-corrected chi connectivity index (χ1v) is 11.4. The lowest BCUT2D eigenvalue weighted by molar-refractivity contribution is -0.149. The summed E-state index contributed by atoms with van der Waals surface area (Å²) in [4.78, 5) is 49.9. The van der Waals surface area contributed by atoms with Crippen LogP contribution in [0.5, 0.6) is 0 Å². The van der Waals surface area contributed by atoms with Crippen LogP contribution >= 0.6 is 0 Å². The summed E-state index contributed by atoms with van der Waals surface area (Å²) in [6.07, 6.45) is -2.57. The first-order chi connectivity index (χ1) is 16.9. The van der Waals surface area contributed by atoms with E-state index in [0.29, 0.717) is 30.8 Å². The molecule has 2 aliphatic rings. The Balaban J connectivity index is 1.59. The molecule has 0 aromatic carbocycles. The Morgan fingerprint density at radius 3 is 2.53 bits per heavy atom. The number of pyridine rings is 2. The minimum absolute atomic E-state index is 0.0736. The van der Waals surface area contributed by atoms with Crippen LogP contribution in [0.2, 0.25) is 0 Å². The highest BCUT2D eigenvalue weighted by atomic mass is 19.4. The van der Waals surface area contributed by atoms with Crippen LogP contribution in [0.25, 0.3) is 0 Å². The molecule has 4 amide bonds. The van der Waals surface area contributed by atoms with Crippen LogP contribution in [0.4, 0.5) is 35.3 Å². The Bertz CT molecular complexity index is 1190.